The van der Waals surface area contributed by atoms with Crippen LogP contribution in [-0.2, 0) is 9.47 Å². The van der Waals surface area contributed by atoms with Gasteiger partial charge in [-0.15, -0.1) is 0 Å². The van der Waals surface area contributed by atoms with Gasteiger partial charge in [0.15, 0.2) is 11.5 Å². The number of β-amino-alcohol motifs (C(OH)–C–C–N with tert-alkyl or cyclic N) is 1. The van der Waals surface area contributed by atoms with E-state index in [0.717, 1.165) is 5.39 Å². The number of aromatic nitrogens is 4. The molecule has 1 amide bonds. The Labute approximate surface area is 243 Å². The molecular weight excluding hydrogens is 548 g/mol. The van der Waals surface area contributed by atoms with E-state index in [1.165, 1.54) is 9.47 Å². The normalized spacial score (nSPS) is 18.1. The Morgan fingerprint density at radius 1 is 1.05 bits per heavy atom. The average molecular weight is 583 g/mol. The van der Waals surface area contributed by atoms with E-state index in [4.69, 9.17) is 26.1 Å². The lowest BCUT2D eigenvalue weighted by molar-refractivity contribution is 0.00178. The maximum absolute atomic E-state index is 13.1. The largest absolute Gasteiger partial charge is 0.444 e. The van der Waals surface area contributed by atoms with E-state index in [9.17, 15) is 14.7 Å². The van der Waals surface area contributed by atoms with Gasteiger partial charge in [-0.05, 0) is 54.0 Å². The third-order valence-electron chi connectivity index (χ3n) is 6.46. The number of para-hydroxylation sites is 1. The molecule has 12 heteroatoms. The van der Waals surface area contributed by atoms with Crippen LogP contribution in [0.3, 0.4) is 0 Å². The summed E-state index contributed by atoms with van der Waals surface area (Å²) in [5.41, 5.74) is 0.864. The molecule has 1 saturated heterocycles. The molecule has 1 fully saturated rings. The Bertz CT molecular complexity index is 1620. The highest BCUT2D eigenvalue weighted by Crippen LogP contribution is 2.36. The van der Waals surface area contributed by atoms with Gasteiger partial charge in [-0.1, -0.05) is 29.8 Å². The van der Waals surface area contributed by atoms with Gasteiger partial charge >= 0.3 is 12.2 Å². The molecule has 11 nitrogen and oxygen atoms in total. The third-order valence-corrected chi connectivity index (χ3v) is 6.82. The molecular formula is C29H35ClN6O5. The van der Waals surface area contributed by atoms with Gasteiger partial charge in [-0.25, -0.2) is 19.6 Å². The lowest BCUT2D eigenvalue weighted by atomic mass is 10.0. The van der Waals surface area contributed by atoms with E-state index in [-0.39, 0.29) is 12.6 Å². The van der Waals surface area contributed by atoms with E-state index in [2.05, 4.69) is 10.3 Å². The predicted molar refractivity (Wildman–Crippen MR) is 156 cm³/mol. The molecule has 2 atom stereocenters. The van der Waals surface area contributed by atoms with Crippen LogP contribution in [0.1, 0.15) is 48.0 Å². The van der Waals surface area contributed by atoms with Crippen molar-refractivity contribution in [3.63, 3.8) is 0 Å². The van der Waals surface area contributed by atoms with Crippen LogP contribution in [0.25, 0.3) is 27.8 Å². The van der Waals surface area contributed by atoms with E-state index >= 15 is 0 Å². The molecule has 0 bridgehead atoms. The number of rotatable bonds is 3. The van der Waals surface area contributed by atoms with Crippen molar-refractivity contribution in [1.82, 2.24) is 23.8 Å². The summed E-state index contributed by atoms with van der Waals surface area (Å²) in [5, 5.41) is 15.0. The minimum atomic E-state index is -0.747. The van der Waals surface area contributed by atoms with Crippen LogP contribution >= 0.6 is 11.6 Å². The fourth-order valence-corrected chi connectivity index (χ4v) is 5.18. The number of imidazole rings is 1. The molecule has 1 aliphatic heterocycles. The average Bonchev–Trinajstić information content (AvgIpc) is 3.49. The van der Waals surface area contributed by atoms with Crippen LogP contribution in [0.4, 0.5) is 15.4 Å². The number of halogens is 1. The van der Waals surface area contributed by atoms with Crippen LogP contribution < -0.4 is 5.32 Å². The Morgan fingerprint density at radius 3 is 2.44 bits per heavy atom. The van der Waals surface area contributed by atoms with Crippen LogP contribution in [0.2, 0.25) is 5.15 Å². The molecule has 4 heterocycles. The molecule has 41 heavy (non-hydrogen) atoms. The molecule has 2 N–H and O–H groups in total. The van der Waals surface area contributed by atoms with E-state index in [1.54, 1.807) is 43.8 Å². The molecule has 4 aromatic rings. The van der Waals surface area contributed by atoms with Crippen LogP contribution in [0.15, 0.2) is 42.9 Å². The van der Waals surface area contributed by atoms with Crippen LogP contribution in [0.5, 0.6) is 0 Å². The Kier molecular flexibility index (Phi) is 7.37. The molecule has 0 spiro atoms. The second-order valence-electron chi connectivity index (χ2n) is 12.2. The van der Waals surface area contributed by atoms with Gasteiger partial charge in [-0.2, -0.15) is 0 Å². The first-order chi connectivity index (χ1) is 19.2. The molecule has 0 saturated carbocycles. The van der Waals surface area contributed by atoms with Gasteiger partial charge in [0.1, 0.15) is 22.0 Å². The Morgan fingerprint density at radius 2 is 1.73 bits per heavy atom. The maximum atomic E-state index is 13.1. The summed E-state index contributed by atoms with van der Waals surface area (Å²) in [7, 11) is 0. The van der Waals surface area contributed by atoms with Crippen LogP contribution in [-0.4, -0.2) is 77.6 Å². The van der Waals surface area contributed by atoms with Crippen LogP contribution in [0, 0.1) is 0 Å². The molecule has 1 aliphatic rings. The summed E-state index contributed by atoms with van der Waals surface area (Å²) in [6, 6.07) is 7.11. The number of nitrogens with zero attached hydrogens (tertiary/aromatic N) is 5. The monoisotopic (exact) mass is 582 g/mol. The van der Waals surface area contributed by atoms with Crippen molar-refractivity contribution in [1.29, 1.82) is 0 Å². The number of carbonyl (C=O) groups excluding carboxylic acids is 2. The molecule has 3 aromatic heterocycles. The number of carbonyl (C=O) groups is 2. The number of fused-ring (bicyclic) bond motifs is 2. The summed E-state index contributed by atoms with van der Waals surface area (Å²) in [6.07, 6.45) is 3.65. The smallest absolute Gasteiger partial charge is 0.419 e. The number of aliphatic hydroxyl groups is 1. The number of piperidine rings is 1. The topological polar surface area (TPSA) is 123 Å². The lowest BCUT2D eigenvalue weighted by Crippen LogP contribution is -2.52. The van der Waals surface area contributed by atoms with Gasteiger partial charge in [0.05, 0.1) is 18.2 Å². The first-order valence-corrected chi connectivity index (χ1v) is 13.9. The van der Waals surface area contributed by atoms with Crippen molar-refractivity contribution in [2.24, 2.45) is 0 Å². The molecule has 0 aliphatic carbocycles. The first-order valence-electron chi connectivity index (χ1n) is 13.5. The zero-order chi connectivity index (χ0) is 29.7. The number of hydrogen-bond acceptors (Lipinski definition) is 8. The fourth-order valence-electron chi connectivity index (χ4n) is 4.90. The zero-order valence-electron chi connectivity index (χ0n) is 24.0. The molecule has 218 valence electrons. The van der Waals surface area contributed by atoms with Crippen molar-refractivity contribution < 1.29 is 24.2 Å². The number of nitrogens with one attached hydrogen (secondary N) is 1. The quantitative estimate of drug-likeness (QED) is 0.321. The van der Waals surface area contributed by atoms with Gasteiger partial charge in [0, 0.05) is 42.1 Å². The summed E-state index contributed by atoms with van der Waals surface area (Å²) in [6.45, 7) is 11.3. The third kappa shape index (κ3) is 6.11. The highest BCUT2D eigenvalue weighted by molar-refractivity contribution is 6.32. The predicted octanol–water partition coefficient (Wildman–Crippen LogP) is 5.57. The van der Waals surface area contributed by atoms with Gasteiger partial charge in [-0.3, -0.25) is 8.97 Å². The SMILES string of the molecule is CC(C)(C)OC(=O)N1CC(O)CC(Nc2nc(-c3cn(C(=O)OC(C)(C)C)c4ccccc34)c(Cl)n3ccnc23)C1. The summed E-state index contributed by atoms with van der Waals surface area (Å²) >= 11 is 6.88. The van der Waals surface area contributed by atoms with Crippen molar-refractivity contribution >= 4 is 46.2 Å². The number of ether oxygens (including phenoxy) is 2. The number of anilines is 1. The standard InChI is InChI=1S/C29H35ClN6O5/c1-28(2,3)40-26(38)34-14-17(13-18(37)15-34)32-24-25-31-11-12-35(25)23(30)22(33-24)20-16-36(27(39)41-29(4,5)6)21-10-8-7-9-19(20)21/h7-12,16-18,37H,13-15H2,1-6H3,(H,32,33). The van der Waals surface area contributed by atoms with Gasteiger partial charge < -0.3 is 24.8 Å². The summed E-state index contributed by atoms with van der Waals surface area (Å²) < 4.78 is 14.3. The second kappa shape index (κ2) is 10.5. The highest BCUT2D eigenvalue weighted by atomic mass is 35.5. The molecule has 0 radical (unpaired) electrons. The fraction of sp³-hybridized carbons (Fsp3) is 0.448. The molecule has 1 aromatic carbocycles. The van der Waals surface area contributed by atoms with E-state index in [0.29, 0.717) is 46.4 Å². The van der Waals surface area contributed by atoms with E-state index < -0.39 is 29.5 Å². The number of hydrogen-bond donors (Lipinski definition) is 2. The zero-order valence-corrected chi connectivity index (χ0v) is 24.8. The van der Waals surface area contributed by atoms with Gasteiger partial charge in [0.2, 0.25) is 0 Å². The Hall–Kier alpha value is -3.83. The number of aliphatic hydroxyl groups excluding tert-OH is 1. The lowest BCUT2D eigenvalue weighted by Gasteiger charge is -2.37. The molecule has 5 rings (SSSR count). The molecule has 2 unspecified atom stereocenters. The summed E-state index contributed by atoms with van der Waals surface area (Å²) in [4.78, 5) is 36.7. The van der Waals surface area contributed by atoms with Crippen molar-refractivity contribution in [2.75, 3.05) is 18.4 Å². The summed E-state index contributed by atoms with van der Waals surface area (Å²) in [5.74, 6) is 0.423. The minimum Gasteiger partial charge on any atom is -0.444 e. The number of likely N-dealkylation sites (tertiary alicyclic amines) is 1. The first kappa shape index (κ1) is 28.7. The van der Waals surface area contributed by atoms with Gasteiger partial charge in [0.25, 0.3) is 0 Å². The number of benzene rings is 1. The second-order valence-corrected chi connectivity index (χ2v) is 12.6. The number of amides is 1. The van der Waals surface area contributed by atoms with Crippen molar-refractivity contribution in [3.8, 4) is 11.3 Å². The highest BCUT2D eigenvalue weighted by Gasteiger charge is 2.33. The van der Waals surface area contributed by atoms with Crippen molar-refractivity contribution in [2.45, 2.75) is 71.3 Å². The maximum Gasteiger partial charge on any atom is 0.419 e. The van der Waals surface area contributed by atoms with Crippen molar-refractivity contribution in [3.05, 3.63) is 48.0 Å². The Balaban J connectivity index is 1.54. The minimum absolute atomic E-state index is 0.176. The van der Waals surface area contributed by atoms with E-state index in [1.807, 2.05) is 45.0 Å².